The van der Waals surface area contributed by atoms with Gasteiger partial charge in [0.15, 0.2) is 5.60 Å². The van der Waals surface area contributed by atoms with E-state index >= 15 is 0 Å². The average Bonchev–Trinajstić information content (AvgIpc) is 2.39. The molecule has 1 unspecified atom stereocenters. The van der Waals surface area contributed by atoms with Gasteiger partial charge in [-0.3, -0.25) is 9.59 Å². The van der Waals surface area contributed by atoms with Crippen molar-refractivity contribution in [2.24, 2.45) is 5.73 Å². The summed E-state index contributed by atoms with van der Waals surface area (Å²) in [6.07, 6.45) is 2.33. The van der Waals surface area contributed by atoms with Crippen molar-refractivity contribution in [1.29, 1.82) is 0 Å². The second-order valence-corrected chi connectivity index (χ2v) is 5.50. The second kappa shape index (κ2) is 5.26. The Kier molecular flexibility index (Phi) is 3.86. The number of likely N-dealkylation sites (tertiary alicyclic amines) is 1. The topological polar surface area (TPSA) is 96.5 Å². The van der Waals surface area contributed by atoms with E-state index in [4.69, 9.17) is 5.73 Å². The molecule has 0 bridgehead atoms. The molecule has 1 saturated heterocycles. The van der Waals surface area contributed by atoms with E-state index in [-0.39, 0.29) is 24.6 Å². The van der Waals surface area contributed by atoms with E-state index < -0.39 is 11.5 Å². The van der Waals surface area contributed by atoms with Crippen LogP contribution >= 0.6 is 15.9 Å². The number of halogens is 1. The maximum Gasteiger partial charge on any atom is 0.272 e. The number of pyridine rings is 1. The van der Waals surface area contributed by atoms with E-state index in [0.717, 1.165) is 4.47 Å². The number of hydrogen-bond acceptors (Lipinski definition) is 4. The Morgan fingerprint density at radius 1 is 1.47 bits per heavy atom. The Balaban J connectivity index is 2.15. The summed E-state index contributed by atoms with van der Waals surface area (Å²) in [5, 5.41) is 10.1. The van der Waals surface area contributed by atoms with E-state index in [1.165, 1.54) is 11.1 Å². The number of primary amides is 1. The summed E-state index contributed by atoms with van der Waals surface area (Å²) >= 11 is 3.24. The summed E-state index contributed by atoms with van der Waals surface area (Å²) in [6.45, 7) is 0.394. The molecule has 0 spiro atoms. The summed E-state index contributed by atoms with van der Waals surface area (Å²) in [4.78, 5) is 28.9. The van der Waals surface area contributed by atoms with Gasteiger partial charge in [-0.05, 0) is 40.9 Å². The lowest BCUT2D eigenvalue weighted by Crippen LogP contribution is -2.57. The molecule has 102 valence electrons. The van der Waals surface area contributed by atoms with Gasteiger partial charge in [0.25, 0.3) is 11.8 Å². The van der Waals surface area contributed by atoms with Gasteiger partial charge in [0.2, 0.25) is 0 Å². The number of nitrogens with two attached hydrogens (primary N) is 1. The molecule has 3 N–H and O–H groups in total. The molecule has 1 fully saturated rings. The number of amides is 2. The summed E-state index contributed by atoms with van der Waals surface area (Å²) in [7, 11) is 0. The van der Waals surface area contributed by atoms with Crippen LogP contribution in [0.4, 0.5) is 0 Å². The molecule has 6 nitrogen and oxygen atoms in total. The minimum Gasteiger partial charge on any atom is -0.378 e. The molecule has 0 saturated carbocycles. The molecule has 1 aliphatic heterocycles. The highest BCUT2D eigenvalue weighted by atomic mass is 79.9. The molecule has 0 radical (unpaired) electrons. The Hall–Kier alpha value is -1.47. The van der Waals surface area contributed by atoms with E-state index in [2.05, 4.69) is 20.9 Å². The third-order valence-electron chi connectivity index (χ3n) is 3.16. The second-order valence-electron chi connectivity index (χ2n) is 4.59. The number of aromatic nitrogens is 1. The van der Waals surface area contributed by atoms with Crippen LogP contribution in [0.2, 0.25) is 0 Å². The molecule has 7 heteroatoms. The zero-order valence-corrected chi connectivity index (χ0v) is 11.8. The monoisotopic (exact) mass is 327 g/mol. The highest BCUT2D eigenvalue weighted by molar-refractivity contribution is 9.10. The molecular weight excluding hydrogens is 314 g/mol. The first kappa shape index (κ1) is 14.0. The van der Waals surface area contributed by atoms with Gasteiger partial charge >= 0.3 is 0 Å². The molecular formula is C12H14BrN3O3. The summed E-state index contributed by atoms with van der Waals surface area (Å²) in [6, 6.07) is 3.30. The van der Waals surface area contributed by atoms with Crippen molar-refractivity contribution in [3.63, 3.8) is 0 Å². The summed E-state index contributed by atoms with van der Waals surface area (Å²) in [5.74, 6) is -1.11. The van der Waals surface area contributed by atoms with Gasteiger partial charge in [0.1, 0.15) is 5.69 Å². The van der Waals surface area contributed by atoms with Crippen LogP contribution < -0.4 is 5.73 Å². The first-order valence-corrected chi connectivity index (χ1v) is 6.65. The Labute approximate surface area is 118 Å². The fraction of sp³-hybridized carbons (Fsp3) is 0.417. The number of piperidine rings is 1. The molecule has 1 aromatic heterocycles. The molecule has 19 heavy (non-hydrogen) atoms. The quantitative estimate of drug-likeness (QED) is 0.816. The molecule has 1 atom stereocenters. The zero-order chi connectivity index (χ0) is 14.0. The number of carbonyl (C=O) groups excluding carboxylic acids is 2. The highest BCUT2D eigenvalue weighted by Crippen LogP contribution is 2.22. The molecule has 2 amide bonds. The van der Waals surface area contributed by atoms with Gasteiger partial charge in [-0.25, -0.2) is 4.98 Å². The molecule has 2 heterocycles. The lowest BCUT2D eigenvalue weighted by Gasteiger charge is -2.36. The van der Waals surface area contributed by atoms with Crippen molar-refractivity contribution in [3.05, 3.63) is 28.5 Å². The minimum atomic E-state index is -1.64. The van der Waals surface area contributed by atoms with Crippen LogP contribution in [0.15, 0.2) is 22.8 Å². The van der Waals surface area contributed by atoms with Crippen LogP contribution in [-0.4, -0.2) is 45.5 Å². The van der Waals surface area contributed by atoms with Crippen LogP contribution in [0.3, 0.4) is 0 Å². The normalized spacial score (nSPS) is 23.2. The van der Waals surface area contributed by atoms with Crippen molar-refractivity contribution in [3.8, 4) is 0 Å². The number of β-amino-alcohol motifs (C(OH)–C–C–N with tert-alkyl or cyclic N) is 1. The van der Waals surface area contributed by atoms with Gasteiger partial charge in [0.05, 0.1) is 6.54 Å². The lowest BCUT2D eigenvalue weighted by molar-refractivity contribution is -0.140. The number of carbonyl (C=O) groups is 2. The van der Waals surface area contributed by atoms with Gasteiger partial charge in [0, 0.05) is 17.2 Å². The average molecular weight is 328 g/mol. The van der Waals surface area contributed by atoms with Crippen LogP contribution in [0.5, 0.6) is 0 Å². The Morgan fingerprint density at radius 2 is 2.21 bits per heavy atom. The van der Waals surface area contributed by atoms with Crippen LogP contribution in [-0.2, 0) is 4.79 Å². The third-order valence-corrected chi connectivity index (χ3v) is 3.63. The third kappa shape index (κ3) is 2.93. The lowest BCUT2D eigenvalue weighted by atomic mass is 9.92. The summed E-state index contributed by atoms with van der Waals surface area (Å²) < 4.78 is 0.774. The first-order chi connectivity index (χ1) is 8.92. The SMILES string of the molecule is NC(=O)C1(O)CCCN(C(=O)c2ccc(Br)cn2)C1. The maximum absolute atomic E-state index is 12.2. The minimum absolute atomic E-state index is 0.0844. The fourth-order valence-electron chi connectivity index (χ4n) is 2.08. The predicted octanol–water partition coefficient (Wildman–Crippen LogP) is 0.296. The van der Waals surface area contributed by atoms with Crippen LogP contribution in [0.1, 0.15) is 23.3 Å². The standard InChI is InChI=1S/C12H14BrN3O3/c13-8-2-3-9(15-6-8)10(17)16-5-1-4-12(19,7-16)11(14)18/h2-3,6,19H,1,4-5,7H2,(H2,14,18). The van der Waals surface area contributed by atoms with Crippen LogP contribution in [0.25, 0.3) is 0 Å². The van der Waals surface area contributed by atoms with Crippen molar-refractivity contribution in [2.75, 3.05) is 13.1 Å². The first-order valence-electron chi connectivity index (χ1n) is 5.85. The molecule has 1 aliphatic rings. The van der Waals surface area contributed by atoms with E-state index in [0.29, 0.717) is 13.0 Å². The smallest absolute Gasteiger partial charge is 0.272 e. The van der Waals surface area contributed by atoms with Gasteiger partial charge in [-0.2, -0.15) is 0 Å². The highest BCUT2D eigenvalue weighted by Gasteiger charge is 2.40. The van der Waals surface area contributed by atoms with Crippen LogP contribution in [0, 0.1) is 0 Å². The van der Waals surface area contributed by atoms with Gasteiger partial charge in [-0.15, -0.1) is 0 Å². The largest absolute Gasteiger partial charge is 0.378 e. The van der Waals surface area contributed by atoms with E-state index in [1.807, 2.05) is 0 Å². The number of nitrogens with zero attached hydrogens (tertiary/aromatic N) is 2. The number of aliphatic hydroxyl groups is 1. The van der Waals surface area contributed by atoms with Gasteiger partial charge < -0.3 is 15.7 Å². The van der Waals surface area contributed by atoms with E-state index in [1.54, 1.807) is 12.1 Å². The maximum atomic E-state index is 12.2. The predicted molar refractivity (Wildman–Crippen MR) is 71.2 cm³/mol. The van der Waals surface area contributed by atoms with Crippen molar-refractivity contribution >= 4 is 27.7 Å². The van der Waals surface area contributed by atoms with Gasteiger partial charge in [-0.1, -0.05) is 0 Å². The number of rotatable bonds is 2. The summed E-state index contributed by atoms with van der Waals surface area (Å²) in [5.41, 5.74) is 3.81. The molecule has 0 aromatic carbocycles. The fourth-order valence-corrected chi connectivity index (χ4v) is 2.31. The van der Waals surface area contributed by atoms with Crippen molar-refractivity contribution in [1.82, 2.24) is 9.88 Å². The molecule has 2 rings (SSSR count). The zero-order valence-electron chi connectivity index (χ0n) is 10.2. The Bertz CT molecular complexity index is 505. The molecule has 0 aliphatic carbocycles. The van der Waals surface area contributed by atoms with Crippen molar-refractivity contribution in [2.45, 2.75) is 18.4 Å². The Morgan fingerprint density at radius 3 is 2.79 bits per heavy atom. The van der Waals surface area contributed by atoms with Crippen molar-refractivity contribution < 1.29 is 14.7 Å². The van der Waals surface area contributed by atoms with E-state index in [9.17, 15) is 14.7 Å². The number of hydrogen-bond donors (Lipinski definition) is 2. The molecule has 1 aromatic rings.